The molecule has 0 saturated heterocycles. The number of carboxylic acid groups (broad SMARTS) is 3. The normalized spacial score (nSPS) is 45.4. The second kappa shape index (κ2) is 35.8. The molecule has 638 valence electrons. The number of fused-ring (bicyclic) bond motifs is 20. The highest BCUT2D eigenvalue weighted by Crippen LogP contribution is 2.71. The van der Waals surface area contributed by atoms with Crippen molar-refractivity contribution in [3.63, 3.8) is 0 Å². The van der Waals surface area contributed by atoms with Crippen LogP contribution in [-0.2, 0) is 43.7 Å². The average Bonchev–Trinajstić information content (AvgIpc) is 1.72. The number of carboxylic acids is 3. The molecule has 28 atom stereocenters. The third-order valence-electron chi connectivity index (χ3n) is 37.3. The number of ketones is 4. The molecule has 0 aliphatic heterocycles. The third kappa shape index (κ3) is 18.3. The van der Waals surface area contributed by atoms with E-state index in [0.717, 1.165) is 212 Å². The van der Waals surface area contributed by atoms with Crippen molar-refractivity contribution in [2.24, 2.45) is 144 Å². The van der Waals surface area contributed by atoms with Gasteiger partial charge in [0, 0.05) is 64.7 Å². The molecule has 0 bridgehead atoms. The van der Waals surface area contributed by atoms with Crippen LogP contribution >= 0.6 is 0 Å². The van der Waals surface area contributed by atoms with E-state index in [4.69, 9.17) is 24.7 Å². The van der Waals surface area contributed by atoms with Gasteiger partial charge in [0.2, 0.25) is 0 Å². The van der Waals surface area contributed by atoms with Crippen molar-refractivity contribution in [3.8, 4) is 0 Å². The van der Waals surface area contributed by atoms with Gasteiger partial charge in [0.1, 0.15) is 23.1 Å². The highest BCUT2D eigenvalue weighted by Gasteiger charge is 2.65. The fourth-order valence-corrected chi connectivity index (χ4v) is 30.6. The van der Waals surface area contributed by atoms with Crippen LogP contribution < -0.4 is 0 Å². The van der Waals surface area contributed by atoms with E-state index in [0.29, 0.717) is 68.5 Å². The number of aliphatic hydroxyl groups excluding tert-OH is 4. The number of benzene rings is 1. The van der Waals surface area contributed by atoms with Crippen molar-refractivity contribution in [2.45, 2.75) is 375 Å². The number of carbonyl (C=O) groups excluding carboxylic acids is 4. The minimum absolute atomic E-state index is 0.0289. The van der Waals surface area contributed by atoms with E-state index < -0.39 is 28.0 Å². The number of carbonyl (C=O) groups is 7. The highest BCUT2D eigenvalue weighted by atomic mass is 32.2. The Morgan fingerprint density at radius 2 is 0.602 bits per heavy atom. The van der Waals surface area contributed by atoms with E-state index >= 15 is 0 Å². The van der Waals surface area contributed by atoms with E-state index in [2.05, 4.69) is 55.4 Å². The lowest BCUT2D eigenvalue weighted by Crippen LogP contribution is -2.54. The lowest BCUT2D eigenvalue weighted by molar-refractivity contribution is -0.143. The van der Waals surface area contributed by atoms with Crippen LogP contribution in [0.25, 0.3) is 0 Å². The number of hydrogen-bond acceptors (Lipinski definition) is 13. The molecule has 0 amide bonds. The van der Waals surface area contributed by atoms with Crippen LogP contribution in [0.5, 0.6) is 0 Å². The molecule has 18 heteroatoms. The Labute approximate surface area is 678 Å². The van der Waals surface area contributed by atoms with Gasteiger partial charge >= 0.3 is 11.9 Å². The van der Waals surface area contributed by atoms with Crippen molar-refractivity contribution in [2.75, 3.05) is 0 Å². The van der Waals surface area contributed by atoms with Crippen LogP contribution in [-0.4, -0.2) is 114 Å². The summed E-state index contributed by atoms with van der Waals surface area (Å²) in [4.78, 5) is 76.1. The lowest BCUT2D eigenvalue weighted by atomic mass is 9.45. The molecule has 0 radical (unpaired) electrons. The Bertz CT molecular complexity index is 3290. The Morgan fingerprint density at radius 1 is 0.363 bits per heavy atom. The molecule has 17 aliphatic carbocycles. The van der Waals surface area contributed by atoms with Gasteiger partial charge in [0.05, 0.1) is 35.2 Å². The van der Waals surface area contributed by atoms with Gasteiger partial charge in [-0.3, -0.25) is 38.1 Å². The first kappa shape index (κ1) is 89.8. The Kier molecular flexibility index (Phi) is 28.4. The van der Waals surface area contributed by atoms with Gasteiger partial charge in [-0.05, 0) is 350 Å². The molecule has 17 aliphatic rings. The first-order valence-electron chi connectivity index (χ1n) is 45.6. The maximum absolute atomic E-state index is 11.9. The molecule has 1 aromatic rings. The second-order valence-electron chi connectivity index (χ2n) is 42.4. The number of aryl methyl sites for hydroxylation is 1. The number of rotatable bonds is 3. The SMILES string of the molecule is CC(=O)O.CCC(=O)O.C[C@]12CCC(=O)C[C@H]1CC[C@@H]1[C@@H]2CC[C@]2(C)[C@@H](O)CC[C@@H]12.C[C@]12CCC(=O)C[C@H]1CC[C@@H]1[C@@H]2CC[C@]2(C)[C@@H](O)CC[C@@H]12.C[C@]12CC[C@H]3[C@@H](CCC4CC(=O)CC[C@@]43C)[C@@H]1CC[C@@H]2O.C[C@]12CC[C@H]3[C@@H](CCC4CC(=O)CC[C@@]43C)[C@@H]1CC[C@@H]2O.Cc1ccc(S(=O)(=O)O)cc1.O=C(O)C1CCCCC1. The second-order valence-corrected chi connectivity index (χ2v) is 43.8. The summed E-state index contributed by atoms with van der Waals surface area (Å²) in [6.45, 7) is 23.9. The van der Waals surface area contributed by atoms with Gasteiger partial charge < -0.3 is 35.7 Å². The molecule has 17 fully saturated rings. The van der Waals surface area contributed by atoms with Crippen molar-refractivity contribution in [3.05, 3.63) is 29.8 Å². The summed E-state index contributed by atoms with van der Waals surface area (Å²) in [7, 11) is -4.02. The average molecular weight is 1600 g/mol. The van der Waals surface area contributed by atoms with E-state index in [9.17, 15) is 57.6 Å². The van der Waals surface area contributed by atoms with Crippen LogP contribution in [0.2, 0.25) is 0 Å². The lowest BCUT2D eigenvalue weighted by Gasteiger charge is -2.60. The van der Waals surface area contributed by atoms with Gasteiger partial charge in [-0.2, -0.15) is 8.42 Å². The van der Waals surface area contributed by atoms with Gasteiger partial charge in [-0.1, -0.05) is 99.3 Å². The van der Waals surface area contributed by atoms with Crippen molar-refractivity contribution < 1.29 is 82.3 Å². The summed E-state index contributed by atoms with van der Waals surface area (Å²) in [5.41, 5.74) is 3.35. The van der Waals surface area contributed by atoms with Gasteiger partial charge in [-0.25, -0.2) is 0 Å². The van der Waals surface area contributed by atoms with Crippen molar-refractivity contribution >= 4 is 51.2 Å². The summed E-state index contributed by atoms with van der Waals surface area (Å²) in [6, 6.07) is 5.99. The van der Waals surface area contributed by atoms with Crippen LogP contribution in [0, 0.1) is 151 Å². The number of aliphatic hydroxyl groups is 4. The van der Waals surface area contributed by atoms with Crippen molar-refractivity contribution in [1.29, 1.82) is 0 Å². The van der Waals surface area contributed by atoms with Gasteiger partial charge in [0.25, 0.3) is 16.1 Å². The quantitative estimate of drug-likeness (QED) is 0.130. The van der Waals surface area contributed by atoms with Crippen LogP contribution in [0.3, 0.4) is 0 Å². The number of Topliss-reactive ketones (excluding diaryl/α,β-unsaturated/α-hetero) is 4. The predicted octanol–water partition coefficient (Wildman–Crippen LogP) is 19.3. The third-order valence-corrected chi connectivity index (χ3v) is 38.2. The fourth-order valence-electron chi connectivity index (χ4n) is 30.1. The molecule has 18 rings (SSSR count). The smallest absolute Gasteiger partial charge is 0.306 e. The molecule has 8 N–H and O–H groups in total. The molecule has 17 saturated carbocycles. The molecule has 0 heterocycles. The molecular weight excluding hydrogens is 1450 g/mol. The standard InChI is InChI=1S/4C19H30O2.C7H8O3S.C7H12O2.C3H6O2.C2H4O2/c4*1-18-9-7-13(20)11-12(18)3-4-14-15-5-6-17(21)19(15,2)10-8-16(14)18;1-6-2-4-7(5-3-6)11(8,9)10;8-7(9)6-4-2-1-3-5-6;1-2-3(4)5;1-2(3)4/h4*12,14-17,21H,3-11H2,1-2H3;2-5H,1H3,(H,8,9,10);6H,1-5H2,(H,8,9);2H2,1H3,(H,4,5);1H3,(H,3,4)/t2*12?,14-,15-,16-,17-,18-,19-;2*12-,14+,15+,16+,17+,18+,19+;;;;/m0011..../s1. The molecule has 1 aromatic carbocycles. The fraction of sp³-hybridized carbons (Fsp3) is 0.863. The molecule has 2 unspecified atom stereocenters. The first-order chi connectivity index (χ1) is 53.1. The maximum atomic E-state index is 11.9. The molecular formula is C95H150O17S. The number of aliphatic carboxylic acids is 3. The van der Waals surface area contributed by atoms with Gasteiger partial charge in [0.15, 0.2) is 0 Å². The maximum Gasteiger partial charge on any atom is 0.306 e. The molecule has 113 heavy (non-hydrogen) atoms. The predicted molar refractivity (Wildman–Crippen MR) is 437 cm³/mol. The van der Waals surface area contributed by atoms with Crippen LogP contribution in [0.1, 0.15) is 344 Å². The van der Waals surface area contributed by atoms with E-state index in [1.165, 1.54) is 147 Å². The monoisotopic (exact) mass is 1600 g/mol. The van der Waals surface area contributed by atoms with Crippen LogP contribution in [0.4, 0.5) is 0 Å². The summed E-state index contributed by atoms with van der Waals surface area (Å²) in [6.07, 6.45) is 45.6. The van der Waals surface area contributed by atoms with E-state index in [1.807, 2.05) is 6.92 Å². The Balaban J connectivity index is 0.000000133. The van der Waals surface area contributed by atoms with E-state index in [-0.39, 0.29) is 63.3 Å². The zero-order valence-corrected chi connectivity index (χ0v) is 72.1. The summed E-state index contributed by atoms with van der Waals surface area (Å²) < 4.78 is 29.6. The van der Waals surface area contributed by atoms with E-state index in [1.54, 1.807) is 19.1 Å². The summed E-state index contributed by atoms with van der Waals surface area (Å²) >= 11 is 0. The first-order valence-corrected chi connectivity index (χ1v) is 47.0. The Morgan fingerprint density at radius 3 is 0.814 bits per heavy atom. The zero-order chi connectivity index (χ0) is 82.3. The topological polar surface area (TPSA) is 315 Å². The molecule has 0 aromatic heterocycles. The van der Waals surface area contributed by atoms with Gasteiger partial charge in [-0.15, -0.1) is 0 Å². The highest BCUT2D eigenvalue weighted by molar-refractivity contribution is 7.85. The van der Waals surface area contributed by atoms with Crippen LogP contribution in [0.15, 0.2) is 29.2 Å². The largest absolute Gasteiger partial charge is 0.481 e. The summed E-state index contributed by atoms with van der Waals surface area (Å²) in [5, 5.41) is 65.5. The van der Waals surface area contributed by atoms with Crippen molar-refractivity contribution in [1.82, 2.24) is 0 Å². The zero-order valence-electron chi connectivity index (χ0n) is 71.3. The molecule has 17 nitrogen and oxygen atoms in total. The minimum atomic E-state index is -4.02. The minimum Gasteiger partial charge on any atom is -0.481 e. The summed E-state index contributed by atoms with van der Waals surface area (Å²) in [5.74, 6) is 11.9. The number of hydrogen-bond donors (Lipinski definition) is 8. The Hall–Kier alpha value is -3.94. The molecule has 0 spiro atoms.